The topological polar surface area (TPSA) is 68.3 Å². The molecule has 2 N–H and O–H groups in total. The lowest BCUT2D eigenvalue weighted by atomic mass is 10.3. The third-order valence-corrected chi connectivity index (χ3v) is 4.61. The predicted octanol–water partition coefficient (Wildman–Crippen LogP) is 1.07. The van der Waals surface area contributed by atoms with Crippen molar-refractivity contribution >= 4 is 10.0 Å². The summed E-state index contributed by atoms with van der Waals surface area (Å²) in [5.74, 6) is 0. The maximum Gasteiger partial charge on any atom is 0.244 e. The molecule has 1 aromatic heterocycles. The molecule has 1 rings (SSSR count). The highest BCUT2D eigenvalue weighted by Gasteiger charge is 2.24. The maximum atomic E-state index is 12.4. The molecule has 102 valence electrons. The normalized spacial score (nSPS) is 12.1. The molecule has 5 nitrogen and oxygen atoms in total. The number of nitrogens with two attached hydrogens (primary N) is 1. The zero-order valence-electron chi connectivity index (χ0n) is 11.2. The predicted molar refractivity (Wildman–Crippen MR) is 72.6 cm³/mol. The van der Waals surface area contributed by atoms with E-state index >= 15 is 0 Å². The van der Waals surface area contributed by atoms with Crippen molar-refractivity contribution in [3.8, 4) is 0 Å². The van der Waals surface area contributed by atoms with Crippen LogP contribution in [0.1, 0.15) is 19.5 Å². The quantitative estimate of drug-likeness (QED) is 0.787. The summed E-state index contributed by atoms with van der Waals surface area (Å²) in [4.78, 5) is 0.286. The summed E-state index contributed by atoms with van der Waals surface area (Å²) >= 11 is 0. The number of aromatic nitrogens is 1. The number of hydrogen-bond donors (Lipinski definition) is 1. The van der Waals surface area contributed by atoms with E-state index in [0.29, 0.717) is 19.6 Å². The monoisotopic (exact) mass is 271 g/mol. The molecule has 1 aromatic rings. The summed E-state index contributed by atoms with van der Waals surface area (Å²) in [6.45, 7) is 8.46. The Bertz CT molecular complexity index is 532. The van der Waals surface area contributed by atoms with Gasteiger partial charge in [-0.05, 0) is 13.0 Å². The second-order valence-corrected chi connectivity index (χ2v) is 6.31. The molecule has 18 heavy (non-hydrogen) atoms. The first-order chi connectivity index (χ1) is 8.32. The van der Waals surface area contributed by atoms with E-state index in [1.165, 1.54) is 4.31 Å². The molecule has 0 amide bonds. The molecule has 0 bridgehead atoms. The highest BCUT2D eigenvalue weighted by molar-refractivity contribution is 7.89. The van der Waals surface area contributed by atoms with Crippen LogP contribution in [0, 0.1) is 0 Å². The van der Waals surface area contributed by atoms with Gasteiger partial charge in [0.1, 0.15) is 4.90 Å². The lowest BCUT2D eigenvalue weighted by Crippen LogP contribution is -2.32. The van der Waals surface area contributed by atoms with Gasteiger partial charge in [-0.25, -0.2) is 8.42 Å². The highest BCUT2D eigenvalue weighted by Crippen LogP contribution is 2.19. The summed E-state index contributed by atoms with van der Waals surface area (Å²) in [5, 5.41) is 0. The average molecular weight is 271 g/mol. The van der Waals surface area contributed by atoms with Crippen molar-refractivity contribution in [1.82, 2.24) is 8.87 Å². The van der Waals surface area contributed by atoms with Crippen molar-refractivity contribution in [3.05, 3.63) is 30.1 Å². The van der Waals surface area contributed by atoms with Gasteiger partial charge >= 0.3 is 0 Å². The van der Waals surface area contributed by atoms with E-state index in [0.717, 1.165) is 11.3 Å². The number of aryl methyl sites for hydroxylation is 1. The van der Waals surface area contributed by atoms with E-state index in [1.54, 1.807) is 23.9 Å². The standard InChI is InChI=1S/C12H21N3O2S/c1-5-15(8-10(2)3)18(16,17)12-6-11(7-13)14(4)9-12/h6,9H,2,5,7-8,13H2,1,3-4H3. The number of hydrogen-bond acceptors (Lipinski definition) is 3. The van der Waals surface area contributed by atoms with Crippen LogP contribution in [0.2, 0.25) is 0 Å². The fourth-order valence-electron chi connectivity index (χ4n) is 1.74. The lowest BCUT2D eigenvalue weighted by Gasteiger charge is -2.19. The fourth-order valence-corrected chi connectivity index (χ4v) is 3.34. The average Bonchev–Trinajstić information content (AvgIpc) is 2.67. The van der Waals surface area contributed by atoms with Gasteiger partial charge in [0.2, 0.25) is 10.0 Å². The third-order valence-electron chi connectivity index (χ3n) is 2.73. The highest BCUT2D eigenvalue weighted by atomic mass is 32.2. The van der Waals surface area contributed by atoms with Crippen LogP contribution in [0.25, 0.3) is 0 Å². The van der Waals surface area contributed by atoms with Crippen molar-refractivity contribution in [3.63, 3.8) is 0 Å². The molecule has 0 atom stereocenters. The largest absolute Gasteiger partial charge is 0.352 e. The molecule has 0 saturated carbocycles. The van der Waals surface area contributed by atoms with Gasteiger partial charge < -0.3 is 10.3 Å². The number of likely N-dealkylation sites (N-methyl/N-ethyl adjacent to an activating group) is 1. The van der Waals surface area contributed by atoms with Gasteiger partial charge in [0, 0.05) is 38.6 Å². The van der Waals surface area contributed by atoms with Crippen LogP contribution in [0.5, 0.6) is 0 Å². The zero-order chi connectivity index (χ0) is 13.9. The summed E-state index contributed by atoms with van der Waals surface area (Å²) in [5.41, 5.74) is 7.16. The molecular formula is C12H21N3O2S. The van der Waals surface area contributed by atoms with E-state index in [1.807, 2.05) is 13.8 Å². The molecule has 0 unspecified atom stereocenters. The van der Waals surface area contributed by atoms with Crippen LogP contribution < -0.4 is 5.73 Å². The van der Waals surface area contributed by atoms with Crippen molar-refractivity contribution in [2.24, 2.45) is 12.8 Å². The maximum absolute atomic E-state index is 12.4. The van der Waals surface area contributed by atoms with Crippen molar-refractivity contribution in [2.75, 3.05) is 13.1 Å². The van der Waals surface area contributed by atoms with Gasteiger partial charge in [-0.3, -0.25) is 0 Å². The lowest BCUT2D eigenvalue weighted by molar-refractivity contribution is 0.453. The Morgan fingerprint density at radius 1 is 1.56 bits per heavy atom. The number of rotatable bonds is 6. The molecule has 1 heterocycles. The molecular weight excluding hydrogens is 250 g/mol. The molecule has 0 fully saturated rings. The van der Waals surface area contributed by atoms with Gasteiger partial charge in [-0.15, -0.1) is 0 Å². The molecule has 0 aliphatic heterocycles. The number of nitrogens with zero attached hydrogens (tertiary/aromatic N) is 2. The minimum atomic E-state index is -3.46. The Balaban J connectivity index is 3.14. The smallest absolute Gasteiger partial charge is 0.244 e. The van der Waals surface area contributed by atoms with Crippen LogP contribution in [0.4, 0.5) is 0 Å². The summed E-state index contributed by atoms with van der Waals surface area (Å²) in [6.07, 6.45) is 1.60. The van der Waals surface area contributed by atoms with Gasteiger partial charge in [-0.2, -0.15) is 4.31 Å². The van der Waals surface area contributed by atoms with Crippen LogP contribution in [0.3, 0.4) is 0 Å². The summed E-state index contributed by atoms with van der Waals surface area (Å²) in [7, 11) is -1.67. The first kappa shape index (κ1) is 14.9. The van der Waals surface area contributed by atoms with Crippen molar-refractivity contribution in [2.45, 2.75) is 25.3 Å². The van der Waals surface area contributed by atoms with Crippen LogP contribution in [0.15, 0.2) is 29.3 Å². The fraction of sp³-hybridized carbons (Fsp3) is 0.500. The van der Waals surface area contributed by atoms with Crippen molar-refractivity contribution in [1.29, 1.82) is 0 Å². The molecule has 0 spiro atoms. The third kappa shape index (κ3) is 3.01. The Hall–Kier alpha value is -1.11. The van der Waals surface area contributed by atoms with E-state index in [9.17, 15) is 8.42 Å². The molecule has 0 radical (unpaired) electrons. The van der Waals surface area contributed by atoms with Crippen LogP contribution in [-0.2, 0) is 23.6 Å². The van der Waals surface area contributed by atoms with Gasteiger partial charge in [-0.1, -0.05) is 19.1 Å². The second kappa shape index (κ2) is 5.69. The Morgan fingerprint density at radius 3 is 2.56 bits per heavy atom. The van der Waals surface area contributed by atoms with Gasteiger partial charge in [0.25, 0.3) is 0 Å². The van der Waals surface area contributed by atoms with Gasteiger partial charge in [0.15, 0.2) is 0 Å². The number of sulfonamides is 1. The molecule has 0 aliphatic rings. The molecule has 0 aliphatic carbocycles. The first-order valence-electron chi connectivity index (χ1n) is 5.82. The molecule has 6 heteroatoms. The van der Waals surface area contributed by atoms with E-state index in [2.05, 4.69) is 6.58 Å². The minimum absolute atomic E-state index is 0.286. The van der Waals surface area contributed by atoms with Crippen LogP contribution in [-0.4, -0.2) is 30.4 Å². The first-order valence-corrected chi connectivity index (χ1v) is 7.26. The summed E-state index contributed by atoms with van der Waals surface area (Å²) < 4.78 is 28.0. The van der Waals surface area contributed by atoms with E-state index in [4.69, 9.17) is 5.73 Å². The second-order valence-electron chi connectivity index (χ2n) is 4.37. The Kier molecular flexibility index (Phi) is 4.72. The summed E-state index contributed by atoms with van der Waals surface area (Å²) in [6, 6.07) is 1.62. The zero-order valence-corrected chi connectivity index (χ0v) is 12.0. The van der Waals surface area contributed by atoms with Gasteiger partial charge in [0.05, 0.1) is 0 Å². The molecule has 0 saturated heterocycles. The Morgan fingerprint density at radius 2 is 2.17 bits per heavy atom. The Labute approximate surface area is 109 Å². The van der Waals surface area contributed by atoms with Crippen molar-refractivity contribution < 1.29 is 8.42 Å². The minimum Gasteiger partial charge on any atom is -0.352 e. The van der Waals surface area contributed by atoms with E-state index in [-0.39, 0.29) is 4.90 Å². The molecule has 0 aromatic carbocycles. The van der Waals surface area contributed by atoms with E-state index < -0.39 is 10.0 Å². The SMILES string of the molecule is C=C(C)CN(CC)S(=O)(=O)c1cc(CN)n(C)c1. The van der Waals surface area contributed by atoms with Crippen LogP contribution >= 0.6 is 0 Å².